The molecule has 2 aromatic heterocycles. The lowest BCUT2D eigenvalue weighted by atomic mass is 9.88. The number of benzene rings is 1. The fourth-order valence-electron chi connectivity index (χ4n) is 4.94. The van der Waals surface area contributed by atoms with Crippen LogP contribution in [0.25, 0.3) is 17.2 Å². The van der Waals surface area contributed by atoms with Gasteiger partial charge in [0.15, 0.2) is 0 Å². The average molecular weight is 484 g/mol. The van der Waals surface area contributed by atoms with Crippen molar-refractivity contribution in [2.75, 3.05) is 46.1 Å². The number of rotatable bonds is 7. The van der Waals surface area contributed by atoms with Crippen LogP contribution in [0.2, 0.25) is 0 Å². The van der Waals surface area contributed by atoms with Crippen LogP contribution < -0.4 is 5.32 Å². The molecule has 1 aliphatic heterocycles. The van der Waals surface area contributed by atoms with E-state index in [0.29, 0.717) is 5.92 Å². The number of pyridine rings is 2. The molecular formula is C30H37N5O. The third-order valence-electron chi connectivity index (χ3n) is 7.01. The van der Waals surface area contributed by atoms with Crippen LogP contribution in [0.15, 0.2) is 60.4 Å². The van der Waals surface area contributed by atoms with E-state index in [9.17, 15) is 4.79 Å². The quantitative estimate of drug-likeness (QED) is 0.482. The number of aromatic nitrogens is 2. The van der Waals surface area contributed by atoms with Gasteiger partial charge >= 0.3 is 0 Å². The van der Waals surface area contributed by atoms with Crippen molar-refractivity contribution in [1.29, 1.82) is 0 Å². The SMILES string of the molecule is CNc1ccc(-c2ccnc(C)c2/C=C(\C)CN2CCC(c3ccc(C(=O)N(C)C)cc3)CC2)cn1. The Morgan fingerprint density at radius 1 is 1.08 bits per heavy atom. The summed E-state index contributed by atoms with van der Waals surface area (Å²) in [6.07, 6.45) is 8.35. The lowest BCUT2D eigenvalue weighted by Gasteiger charge is -2.32. The van der Waals surface area contributed by atoms with Gasteiger partial charge in [-0.05, 0) is 87.2 Å². The van der Waals surface area contributed by atoms with Gasteiger partial charge in [-0.1, -0.05) is 23.8 Å². The molecule has 0 spiro atoms. The number of amides is 1. The number of hydrogen-bond donors (Lipinski definition) is 1. The molecule has 6 nitrogen and oxygen atoms in total. The van der Waals surface area contributed by atoms with Gasteiger partial charge in [-0.3, -0.25) is 14.7 Å². The minimum Gasteiger partial charge on any atom is -0.373 e. The lowest BCUT2D eigenvalue weighted by Crippen LogP contribution is -2.34. The van der Waals surface area contributed by atoms with E-state index in [2.05, 4.69) is 64.4 Å². The zero-order valence-electron chi connectivity index (χ0n) is 22.1. The van der Waals surface area contributed by atoms with E-state index in [1.807, 2.05) is 37.6 Å². The molecule has 0 bridgehead atoms. The molecule has 4 rings (SSSR count). The maximum atomic E-state index is 12.2. The Kier molecular flexibility index (Phi) is 8.16. The first-order valence-electron chi connectivity index (χ1n) is 12.7. The van der Waals surface area contributed by atoms with Crippen molar-refractivity contribution in [2.24, 2.45) is 0 Å². The van der Waals surface area contributed by atoms with Crippen molar-refractivity contribution >= 4 is 17.8 Å². The average Bonchev–Trinajstić information content (AvgIpc) is 2.90. The molecular weight excluding hydrogens is 446 g/mol. The van der Waals surface area contributed by atoms with Gasteiger partial charge in [0.05, 0.1) is 0 Å². The van der Waals surface area contributed by atoms with Crippen LogP contribution in [0.4, 0.5) is 5.82 Å². The number of nitrogens with one attached hydrogen (secondary N) is 1. The second kappa shape index (κ2) is 11.5. The van der Waals surface area contributed by atoms with Crippen molar-refractivity contribution in [1.82, 2.24) is 19.8 Å². The van der Waals surface area contributed by atoms with Crippen LogP contribution in [0.1, 0.15) is 52.9 Å². The van der Waals surface area contributed by atoms with Crippen LogP contribution in [-0.4, -0.2) is 66.5 Å². The summed E-state index contributed by atoms with van der Waals surface area (Å²) < 4.78 is 0. The molecule has 0 unspecified atom stereocenters. The highest BCUT2D eigenvalue weighted by atomic mass is 16.2. The zero-order chi connectivity index (χ0) is 25.7. The Hall–Kier alpha value is -3.51. The fraction of sp³-hybridized carbons (Fsp3) is 0.367. The maximum Gasteiger partial charge on any atom is 0.253 e. The van der Waals surface area contributed by atoms with Gasteiger partial charge in [0, 0.05) is 62.5 Å². The van der Waals surface area contributed by atoms with Crippen LogP contribution in [-0.2, 0) is 0 Å². The third kappa shape index (κ3) is 6.00. The number of carbonyl (C=O) groups is 1. The first-order chi connectivity index (χ1) is 17.4. The summed E-state index contributed by atoms with van der Waals surface area (Å²) in [5.74, 6) is 1.46. The van der Waals surface area contributed by atoms with Crippen LogP contribution in [0.3, 0.4) is 0 Å². The summed E-state index contributed by atoms with van der Waals surface area (Å²) >= 11 is 0. The van der Waals surface area contributed by atoms with Gasteiger partial charge < -0.3 is 10.2 Å². The summed E-state index contributed by atoms with van der Waals surface area (Å²) in [4.78, 5) is 25.4. The Morgan fingerprint density at radius 2 is 1.81 bits per heavy atom. The van der Waals surface area contributed by atoms with Crippen molar-refractivity contribution in [2.45, 2.75) is 32.6 Å². The molecule has 1 aromatic carbocycles. The predicted octanol–water partition coefficient (Wildman–Crippen LogP) is 5.48. The van der Waals surface area contributed by atoms with Crippen molar-refractivity contribution in [3.8, 4) is 11.1 Å². The summed E-state index contributed by atoms with van der Waals surface area (Å²) in [5.41, 5.74) is 7.86. The van der Waals surface area contributed by atoms with Gasteiger partial charge in [-0.25, -0.2) is 4.98 Å². The molecule has 36 heavy (non-hydrogen) atoms. The monoisotopic (exact) mass is 483 g/mol. The Labute approximate surface area is 215 Å². The maximum absolute atomic E-state index is 12.2. The number of carbonyl (C=O) groups excluding carboxylic acids is 1. The first-order valence-corrected chi connectivity index (χ1v) is 12.7. The number of likely N-dealkylation sites (tertiary alicyclic amines) is 1. The van der Waals surface area contributed by atoms with Gasteiger partial charge in [-0.15, -0.1) is 0 Å². The van der Waals surface area contributed by atoms with Crippen molar-refractivity contribution < 1.29 is 4.79 Å². The molecule has 1 N–H and O–H groups in total. The lowest BCUT2D eigenvalue weighted by molar-refractivity contribution is 0.0827. The molecule has 1 saturated heterocycles. The Bertz CT molecular complexity index is 1210. The van der Waals surface area contributed by atoms with Gasteiger partial charge in [-0.2, -0.15) is 0 Å². The van der Waals surface area contributed by atoms with Gasteiger partial charge in [0.25, 0.3) is 5.91 Å². The topological polar surface area (TPSA) is 61.4 Å². The van der Waals surface area contributed by atoms with Crippen molar-refractivity contribution in [3.05, 3.63) is 82.8 Å². The Morgan fingerprint density at radius 3 is 2.42 bits per heavy atom. The number of piperidine rings is 1. The highest BCUT2D eigenvalue weighted by Gasteiger charge is 2.21. The summed E-state index contributed by atoms with van der Waals surface area (Å²) in [6, 6.07) is 14.4. The second-order valence-electron chi connectivity index (χ2n) is 9.90. The molecule has 3 heterocycles. The molecule has 0 saturated carbocycles. The smallest absolute Gasteiger partial charge is 0.253 e. The molecule has 1 aliphatic rings. The molecule has 1 amide bonds. The summed E-state index contributed by atoms with van der Waals surface area (Å²) in [6.45, 7) is 7.38. The number of nitrogens with zero attached hydrogens (tertiary/aromatic N) is 4. The minimum absolute atomic E-state index is 0.0527. The van der Waals surface area contributed by atoms with Gasteiger partial charge in [0.1, 0.15) is 5.82 Å². The molecule has 6 heteroatoms. The van der Waals surface area contributed by atoms with E-state index in [1.54, 1.807) is 19.0 Å². The highest BCUT2D eigenvalue weighted by molar-refractivity contribution is 5.93. The molecule has 0 aliphatic carbocycles. The van der Waals surface area contributed by atoms with E-state index < -0.39 is 0 Å². The molecule has 0 atom stereocenters. The summed E-state index contributed by atoms with van der Waals surface area (Å²) in [7, 11) is 5.46. The van der Waals surface area contributed by atoms with E-state index in [0.717, 1.165) is 66.2 Å². The standard InChI is InChI=1S/C30H37N5O/c1-21(18-28-22(2)32-15-12-27(28)26-10-11-29(31-3)33-19-26)20-35-16-13-24(14-17-35)23-6-8-25(9-7-23)30(36)34(4)5/h6-12,15,18-19,24H,13-14,16-17,20H2,1-5H3,(H,31,33)/b21-18+. The molecule has 188 valence electrons. The largest absolute Gasteiger partial charge is 0.373 e. The fourth-order valence-corrected chi connectivity index (χ4v) is 4.94. The summed E-state index contributed by atoms with van der Waals surface area (Å²) in [5, 5.41) is 3.08. The van der Waals surface area contributed by atoms with E-state index >= 15 is 0 Å². The zero-order valence-corrected chi connectivity index (χ0v) is 22.1. The van der Waals surface area contributed by atoms with E-state index in [-0.39, 0.29) is 5.91 Å². The number of aryl methyl sites for hydroxylation is 1. The van der Waals surface area contributed by atoms with Crippen molar-refractivity contribution in [3.63, 3.8) is 0 Å². The molecule has 0 radical (unpaired) electrons. The van der Waals surface area contributed by atoms with E-state index in [4.69, 9.17) is 0 Å². The normalized spacial score (nSPS) is 15.1. The predicted molar refractivity (Wildman–Crippen MR) is 148 cm³/mol. The van der Waals surface area contributed by atoms with E-state index in [1.165, 1.54) is 11.1 Å². The Balaban J connectivity index is 1.40. The molecule has 1 fully saturated rings. The van der Waals surface area contributed by atoms with Gasteiger partial charge in [0.2, 0.25) is 0 Å². The number of anilines is 1. The first kappa shape index (κ1) is 25.6. The minimum atomic E-state index is 0.0527. The second-order valence-corrected chi connectivity index (χ2v) is 9.90. The molecule has 3 aromatic rings. The third-order valence-corrected chi connectivity index (χ3v) is 7.01. The van der Waals surface area contributed by atoms with Crippen LogP contribution >= 0.6 is 0 Å². The highest BCUT2D eigenvalue weighted by Crippen LogP contribution is 2.30. The number of hydrogen-bond acceptors (Lipinski definition) is 5. The van der Waals surface area contributed by atoms with Crippen LogP contribution in [0.5, 0.6) is 0 Å². The van der Waals surface area contributed by atoms with Crippen LogP contribution in [0, 0.1) is 6.92 Å².